The molecule has 0 unspecified atom stereocenters. The molecule has 0 aliphatic rings. The van der Waals surface area contributed by atoms with Crippen LogP contribution in [0.15, 0.2) is 73.5 Å². The summed E-state index contributed by atoms with van der Waals surface area (Å²) in [5.41, 5.74) is 1.01. The molecule has 154 valence electrons. The highest BCUT2D eigenvalue weighted by molar-refractivity contribution is 9.10. The van der Waals surface area contributed by atoms with E-state index in [0.717, 1.165) is 15.7 Å². The summed E-state index contributed by atoms with van der Waals surface area (Å²) >= 11 is 3.23. The first-order valence-corrected chi connectivity index (χ1v) is 9.69. The molecule has 0 saturated carbocycles. The second kappa shape index (κ2) is 8.58. The van der Waals surface area contributed by atoms with Gasteiger partial charge in [0.05, 0.1) is 25.1 Å². The number of para-hydroxylation sites is 1. The van der Waals surface area contributed by atoms with Crippen LogP contribution in [-0.2, 0) is 13.2 Å². The molecule has 3 heterocycles. The fourth-order valence-electron chi connectivity index (χ4n) is 2.83. The summed E-state index contributed by atoms with van der Waals surface area (Å²) in [6, 6.07) is 7.82. The van der Waals surface area contributed by atoms with E-state index in [1.165, 1.54) is 37.2 Å². The topological polar surface area (TPSA) is 79.6 Å². The first kappa shape index (κ1) is 20.0. The molecule has 0 radical (unpaired) electrons. The molecular weight excluding hydrogens is 459 g/mol. The van der Waals surface area contributed by atoms with Crippen molar-refractivity contribution in [2.75, 3.05) is 0 Å². The van der Waals surface area contributed by atoms with Gasteiger partial charge in [-0.3, -0.25) is 9.36 Å². The zero-order chi connectivity index (χ0) is 21.1. The Morgan fingerprint density at radius 1 is 1.07 bits per heavy atom. The first-order chi connectivity index (χ1) is 14.5. The fourth-order valence-corrected chi connectivity index (χ4v) is 3.21. The number of hydrogen-bond donors (Lipinski definition) is 0. The van der Waals surface area contributed by atoms with E-state index in [1.54, 1.807) is 25.1 Å². The van der Waals surface area contributed by atoms with E-state index in [-0.39, 0.29) is 40.8 Å². The van der Waals surface area contributed by atoms with Gasteiger partial charge in [0.1, 0.15) is 34.9 Å². The Kier molecular flexibility index (Phi) is 5.71. The van der Waals surface area contributed by atoms with Gasteiger partial charge < -0.3 is 18.3 Å². The van der Waals surface area contributed by atoms with Crippen molar-refractivity contribution in [3.8, 4) is 17.3 Å². The highest BCUT2D eigenvalue weighted by Crippen LogP contribution is 2.29. The molecule has 1 aromatic carbocycles. The van der Waals surface area contributed by atoms with Gasteiger partial charge in [-0.2, -0.15) is 4.98 Å². The number of aryl methyl sites for hydroxylation is 1. The lowest BCUT2D eigenvalue weighted by molar-refractivity contribution is 0.287. The summed E-state index contributed by atoms with van der Waals surface area (Å²) in [5.74, 6) is -0.0800. The standard InChI is InChI=1S/C21H16BrFN2O5/c1-13-24-20(30-12-15-6-8-28-10-15)18(22)21(26)25(13)19-16(23)3-2-4-17(19)29-11-14-5-7-27-9-14/h2-10H,11-12H2,1H3. The number of furan rings is 2. The van der Waals surface area contributed by atoms with Crippen LogP contribution in [0, 0.1) is 12.7 Å². The smallest absolute Gasteiger partial charge is 0.276 e. The van der Waals surface area contributed by atoms with E-state index in [1.807, 2.05) is 0 Å². The van der Waals surface area contributed by atoms with Crippen LogP contribution in [0.5, 0.6) is 11.6 Å². The van der Waals surface area contributed by atoms with Crippen LogP contribution < -0.4 is 15.0 Å². The monoisotopic (exact) mass is 474 g/mol. The predicted octanol–water partition coefficient (Wildman–Crippen LogP) is 4.79. The van der Waals surface area contributed by atoms with Crippen LogP contribution in [0.2, 0.25) is 0 Å². The maximum Gasteiger partial charge on any atom is 0.276 e. The number of benzene rings is 1. The molecular formula is C21H16BrFN2O5. The molecule has 0 spiro atoms. The van der Waals surface area contributed by atoms with E-state index in [4.69, 9.17) is 18.3 Å². The predicted molar refractivity (Wildman–Crippen MR) is 108 cm³/mol. The molecule has 3 aromatic heterocycles. The third-order valence-corrected chi connectivity index (χ3v) is 4.95. The number of aromatic nitrogens is 2. The summed E-state index contributed by atoms with van der Waals surface area (Å²) in [6.45, 7) is 1.91. The number of halogens is 2. The number of nitrogens with zero attached hydrogens (tertiary/aromatic N) is 2. The average Bonchev–Trinajstić information content (AvgIpc) is 3.43. The lowest BCUT2D eigenvalue weighted by Crippen LogP contribution is -2.25. The van der Waals surface area contributed by atoms with Gasteiger partial charge in [0.25, 0.3) is 5.56 Å². The molecule has 4 rings (SSSR count). The van der Waals surface area contributed by atoms with Crippen LogP contribution in [0.3, 0.4) is 0 Å². The van der Waals surface area contributed by atoms with Crippen LogP contribution in [0.4, 0.5) is 4.39 Å². The Bertz CT molecular complexity index is 1200. The van der Waals surface area contributed by atoms with Gasteiger partial charge in [-0.25, -0.2) is 4.39 Å². The maximum absolute atomic E-state index is 14.8. The molecule has 9 heteroatoms. The van der Waals surface area contributed by atoms with Crippen LogP contribution >= 0.6 is 15.9 Å². The second-order valence-electron chi connectivity index (χ2n) is 6.35. The van der Waals surface area contributed by atoms with Gasteiger partial charge in [0.15, 0.2) is 5.82 Å². The minimum atomic E-state index is -0.620. The molecule has 0 atom stereocenters. The van der Waals surface area contributed by atoms with Crippen LogP contribution in [0.1, 0.15) is 17.0 Å². The van der Waals surface area contributed by atoms with Crippen molar-refractivity contribution in [2.24, 2.45) is 0 Å². The third kappa shape index (κ3) is 4.02. The number of hydrogen-bond acceptors (Lipinski definition) is 6. The van der Waals surface area contributed by atoms with Gasteiger partial charge >= 0.3 is 0 Å². The zero-order valence-corrected chi connectivity index (χ0v) is 17.4. The van der Waals surface area contributed by atoms with Gasteiger partial charge in [-0.1, -0.05) is 6.07 Å². The molecule has 0 bridgehead atoms. The SMILES string of the molecule is Cc1nc(OCc2ccoc2)c(Br)c(=O)n1-c1c(F)cccc1OCc1ccoc1. The summed E-state index contributed by atoms with van der Waals surface area (Å²) in [7, 11) is 0. The lowest BCUT2D eigenvalue weighted by Gasteiger charge is -2.17. The van der Waals surface area contributed by atoms with E-state index in [0.29, 0.717) is 0 Å². The molecule has 0 aliphatic heterocycles. The molecule has 0 saturated heterocycles. The first-order valence-electron chi connectivity index (χ1n) is 8.90. The normalized spacial score (nSPS) is 10.9. The molecule has 0 amide bonds. The zero-order valence-electron chi connectivity index (χ0n) is 15.8. The van der Waals surface area contributed by atoms with Crippen molar-refractivity contribution in [1.29, 1.82) is 0 Å². The third-order valence-electron chi connectivity index (χ3n) is 4.27. The van der Waals surface area contributed by atoms with E-state index < -0.39 is 11.4 Å². The summed E-state index contributed by atoms with van der Waals surface area (Å²) in [4.78, 5) is 17.4. The Morgan fingerprint density at radius 3 is 2.37 bits per heavy atom. The van der Waals surface area contributed by atoms with Crippen molar-refractivity contribution in [3.63, 3.8) is 0 Å². The highest BCUT2D eigenvalue weighted by Gasteiger charge is 2.21. The Balaban J connectivity index is 1.70. The average molecular weight is 475 g/mol. The Morgan fingerprint density at radius 2 is 1.73 bits per heavy atom. The second-order valence-corrected chi connectivity index (χ2v) is 7.14. The minimum Gasteiger partial charge on any atom is -0.486 e. The van der Waals surface area contributed by atoms with Crippen molar-refractivity contribution in [2.45, 2.75) is 20.1 Å². The number of ether oxygens (including phenoxy) is 2. The summed E-state index contributed by atoms with van der Waals surface area (Å²) in [5, 5.41) is 0. The quantitative estimate of drug-likeness (QED) is 0.383. The molecule has 4 aromatic rings. The Hall–Kier alpha value is -3.33. The largest absolute Gasteiger partial charge is 0.486 e. The van der Waals surface area contributed by atoms with Gasteiger partial charge in [-0.15, -0.1) is 0 Å². The van der Waals surface area contributed by atoms with Crippen LogP contribution in [0.25, 0.3) is 5.69 Å². The summed E-state index contributed by atoms with van der Waals surface area (Å²) in [6.07, 6.45) is 6.10. The summed E-state index contributed by atoms with van der Waals surface area (Å²) < 4.78 is 37.4. The maximum atomic E-state index is 14.8. The number of rotatable bonds is 7. The van der Waals surface area contributed by atoms with E-state index in [9.17, 15) is 9.18 Å². The highest BCUT2D eigenvalue weighted by atomic mass is 79.9. The van der Waals surface area contributed by atoms with Crippen LogP contribution in [-0.4, -0.2) is 9.55 Å². The molecule has 0 fully saturated rings. The molecule has 7 nitrogen and oxygen atoms in total. The van der Waals surface area contributed by atoms with Crippen molar-refractivity contribution in [1.82, 2.24) is 9.55 Å². The minimum absolute atomic E-state index is 0.0296. The van der Waals surface area contributed by atoms with Gasteiger partial charge in [0, 0.05) is 11.1 Å². The van der Waals surface area contributed by atoms with Gasteiger partial charge in [0.2, 0.25) is 5.88 Å². The molecule has 0 N–H and O–H groups in total. The Labute approximate surface area is 178 Å². The lowest BCUT2D eigenvalue weighted by atomic mass is 10.2. The molecule has 0 aliphatic carbocycles. The van der Waals surface area contributed by atoms with E-state index in [2.05, 4.69) is 20.9 Å². The fraction of sp³-hybridized carbons (Fsp3) is 0.143. The van der Waals surface area contributed by atoms with Gasteiger partial charge in [-0.05, 0) is 47.1 Å². The van der Waals surface area contributed by atoms with Crippen molar-refractivity contribution in [3.05, 3.63) is 93.0 Å². The van der Waals surface area contributed by atoms with E-state index >= 15 is 0 Å². The van der Waals surface area contributed by atoms with Crippen molar-refractivity contribution >= 4 is 15.9 Å². The molecule has 30 heavy (non-hydrogen) atoms. The van der Waals surface area contributed by atoms with Crippen molar-refractivity contribution < 1.29 is 22.7 Å².